The van der Waals surface area contributed by atoms with Crippen LogP contribution in [0.1, 0.15) is 57.9 Å². The van der Waals surface area contributed by atoms with Crippen LogP contribution in [0.3, 0.4) is 0 Å². The van der Waals surface area contributed by atoms with Crippen LogP contribution in [-0.4, -0.2) is 29.3 Å². The van der Waals surface area contributed by atoms with E-state index in [9.17, 15) is 14.3 Å². The molecule has 1 aliphatic heterocycles. The highest BCUT2D eigenvalue weighted by molar-refractivity contribution is 7.99. The minimum atomic E-state index is -1.11. The van der Waals surface area contributed by atoms with Crippen LogP contribution in [0.2, 0.25) is 0 Å². The van der Waals surface area contributed by atoms with Crippen molar-refractivity contribution in [3.05, 3.63) is 29.6 Å². The molecule has 0 spiro atoms. The van der Waals surface area contributed by atoms with E-state index in [0.29, 0.717) is 36.6 Å². The van der Waals surface area contributed by atoms with Gasteiger partial charge in [-0.15, -0.1) is 0 Å². The van der Waals surface area contributed by atoms with Crippen molar-refractivity contribution >= 4 is 23.5 Å². The number of aliphatic hydroxyl groups is 1. The van der Waals surface area contributed by atoms with E-state index < -0.39 is 17.5 Å². The maximum absolute atomic E-state index is 14.5. The number of nitrogens with one attached hydrogen (secondary N) is 1. The Morgan fingerprint density at radius 3 is 2.73 bits per heavy atom. The molecule has 0 saturated carbocycles. The second-order valence-corrected chi connectivity index (χ2v) is 8.20. The second kappa shape index (κ2) is 10.2. The summed E-state index contributed by atoms with van der Waals surface area (Å²) in [4.78, 5) is 12.0. The van der Waals surface area contributed by atoms with Crippen LogP contribution < -0.4 is 5.32 Å². The Hall–Kier alpha value is -1.27. The molecule has 0 radical (unpaired) electrons. The van der Waals surface area contributed by atoms with Crippen molar-refractivity contribution in [1.82, 2.24) is 0 Å². The number of amides is 1. The number of benzene rings is 1. The minimum Gasteiger partial charge on any atom is -0.449 e. The first-order valence-electron chi connectivity index (χ1n) is 9.52. The zero-order valence-corrected chi connectivity index (χ0v) is 16.5. The summed E-state index contributed by atoms with van der Waals surface area (Å²) >= 11 is 1.77. The molecule has 6 heteroatoms. The van der Waals surface area contributed by atoms with Gasteiger partial charge in [0.1, 0.15) is 5.82 Å². The van der Waals surface area contributed by atoms with Gasteiger partial charge in [-0.2, -0.15) is 11.8 Å². The van der Waals surface area contributed by atoms with Crippen LogP contribution in [-0.2, 0) is 10.3 Å². The van der Waals surface area contributed by atoms with E-state index in [4.69, 9.17) is 4.74 Å². The first-order chi connectivity index (χ1) is 12.5. The summed E-state index contributed by atoms with van der Waals surface area (Å²) in [6.07, 6.45) is 4.77. The summed E-state index contributed by atoms with van der Waals surface area (Å²) in [7, 11) is 0. The largest absolute Gasteiger partial charge is 0.449 e. The third-order valence-corrected chi connectivity index (χ3v) is 6.02. The Labute approximate surface area is 159 Å². The number of anilines is 1. The van der Waals surface area contributed by atoms with Gasteiger partial charge in [0.2, 0.25) is 0 Å². The molecule has 0 aliphatic carbocycles. The molecule has 1 heterocycles. The molecule has 1 amide bonds. The third kappa shape index (κ3) is 5.88. The molecule has 1 fully saturated rings. The lowest BCUT2D eigenvalue weighted by atomic mass is 9.87. The number of thioether (sulfide) groups is 1. The van der Waals surface area contributed by atoms with Gasteiger partial charge in [-0.05, 0) is 48.8 Å². The summed E-state index contributed by atoms with van der Waals surface area (Å²) in [5, 5.41) is 13.2. The predicted molar refractivity (Wildman–Crippen MR) is 105 cm³/mol. The van der Waals surface area contributed by atoms with Crippen molar-refractivity contribution < 1.29 is 19.0 Å². The zero-order valence-electron chi connectivity index (χ0n) is 15.7. The molecular weight excluding hydrogens is 353 g/mol. The molecule has 1 aromatic rings. The molecule has 1 unspecified atom stereocenters. The van der Waals surface area contributed by atoms with E-state index in [0.717, 1.165) is 37.2 Å². The number of hydrogen-bond acceptors (Lipinski definition) is 4. The predicted octanol–water partition coefficient (Wildman–Crippen LogP) is 5.31. The van der Waals surface area contributed by atoms with E-state index in [1.54, 1.807) is 23.9 Å². The first-order valence-corrected chi connectivity index (χ1v) is 10.7. The lowest BCUT2D eigenvalue weighted by molar-refractivity contribution is 0.0246. The molecule has 1 aromatic carbocycles. The van der Waals surface area contributed by atoms with Crippen LogP contribution in [0.25, 0.3) is 0 Å². The smallest absolute Gasteiger partial charge is 0.411 e. The standard InChI is InChI=1S/C20H30FNO3S/c1-3-5-6-15(4-2)14-25-19(23)22-16-7-8-17(18(21)13-16)20(24)9-11-26-12-10-20/h7-8,13,15,24H,3-6,9-12,14H2,1-2H3,(H,22,23). The van der Waals surface area contributed by atoms with Crippen LogP contribution in [0.15, 0.2) is 18.2 Å². The second-order valence-electron chi connectivity index (χ2n) is 6.98. The van der Waals surface area contributed by atoms with Gasteiger partial charge in [0.15, 0.2) is 0 Å². The molecule has 1 aliphatic rings. The summed E-state index contributed by atoms with van der Waals surface area (Å²) in [5.41, 5.74) is -0.462. The van der Waals surface area contributed by atoms with Crippen molar-refractivity contribution in [3.8, 4) is 0 Å². The molecule has 2 N–H and O–H groups in total. The summed E-state index contributed by atoms with van der Waals surface area (Å²) in [6.45, 7) is 4.60. The summed E-state index contributed by atoms with van der Waals surface area (Å²) in [6, 6.07) is 4.44. The highest BCUT2D eigenvalue weighted by atomic mass is 32.2. The average molecular weight is 384 g/mol. The number of hydrogen-bond donors (Lipinski definition) is 2. The molecule has 0 aromatic heterocycles. The summed E-state index contributed by atoms with van der Waals surface area (Å²) in [5.74, 6) is 1.50. The van der Waals surface area contributed by atoms with Gasteiger partial charge in [0.05, 0.1) is 12.2 Å². The van der Waals surface area contributed by atoms with Gasteiger partial charge in [-0.3, -0.25) is 5.32 Å². The molecular formula is C20H30FNO3S. The fraction of sp³-hybridized carbons (Fsp3) is 0.650. The maximum Gasteiger partial charge on any atom is 0.411 e. The zero-order chi connectivity index (χ0) is 19.0. The average Bonchev–Trinajstić information content (AvgIpc) is 2.62. The number of unbranched alkanes of at least 4 members (excludes halogenated alkanes) is 1. The fourth-order valence-corrected chi connectivity index (χ4v) is 4.36. The lowest BCUT2D eigenvalue weighted by Crippen LogP contribution is -2.31. The third-order valence-electron chi connectivity index (χ3n) is 5.03. The van der Waals surface area contributed by atoms with Gasteiger partial charge in [-0.25, -0.2) is 9.18 Å². The van der Waals surface area contributed by atoms with Gasteiger partial charge in [0.25, 0.3) is 0 Å². The van der Waals surface area contributed by atoms with E-state index in [1.165, 1.54) is 6.07 Å². The quantitative estimate of drug-likeness (QED) is 0.639. The lowest BCUT2D eigenvalue weighted by Gasteiger charge is -2.32. The highest BCUT2D eigenvalue weighted by Crippen LogP contribution is 2.37. The molecule has 0 bridgehead atoms. The van der Waals surface area contributed by atoms with Gasteiger partial charge < -0.3 is 9.84 Å². The molecule has 26 heavy (non-hydrogen) atoms. The van der Waals surface area contributed by atoms with Crippen LogP contribution >= 0.6 is 11.8 Å². The van der Waals surface area contributed by atoms with Crippen LogP contribution in [0.5, 0.6) is 0 Å². The van der Waals surface area contributed by atoms with Gasteiger partial charge in [0, 0.05) is 11.3 Å². The number of rotatable bonds is 8. The Bertz CT molecular complexity index is 590. The number of ether oxygens (including phenoxy) is 1. The Morgan fingerprint density at radius 2 is 2.12 bits per heavy atom. The molecule has 4 nitrogen and oxygen atoms in total. The van der Waals surface area contributed by atoms with Crippen LogP contribution in [0.4, 0.5) is 14.9 Å². The number of carbonyl (C=O) groups is 1. The van der Waals surface area contributed by atoms with Crippen molar-refractivity contribution in [2.24, 2.45) is 5.92 Å². The molecule has 2 rings (SSSR count). The highest BCUT2D eigenvalue weighted by Gasteiger charge is 2.34. The van der Waals surface area contributed by atoms with E-state index in [2.05, 4.69) is 19.2 Å². The molecule has 1 saturated heterocycles. The Kier molecular flexibility index (Phi) is 8.22. The monoisotopic (exact) mass is 383 g/mol. The SMILES string of the molecule is CCCCC(CC)COC(=O)Nc1ccc(C2(O)CCSCC2)c(F)c1. The maximum atomic E-state index is 14.5. The van der Waals surface area contributed by atoms with Gasteiger partial charge in [-0.1, -0.05) is 39.2 Å². The first kappa shape index (κ1) is 21.0. The van der Waals surface area contributed by atoms with Crippen molar-refractivity contribution in [1.29, 1.82) is 0 Å². The normalized spacial score (nSPS) is 17.5. The van der Waals surface area contributed by atoms with E-state index in [1.807, 2.05) is 0 Å². The number of halogens is 1. The van der Waals surface area contributed by atoms with Crippen molar-refractivity contribution in [3.63, 3.8) is 0 Å². The van der Waals surface area contributed by atoms with E-state index in [-0.39, 0.29) is 0 Å². The Morgan fingerprint density at radius 1 is 1.38 bits per heavy atom. The molecule has 146 valence electrons. The number of carbonyl (C=O) groups excluding carboxylic acids is 1. The molecule has 1 atom stereocenters. The Balaban J connectivity index is 1.91. The van der Waals surface area contributed by atoms with Crippen molar-refractivity contribution in [2.75, 3.05) is 23.4 Å². The summed E-state index contributed by atoms with van der Waals surface area (Å²) < 4.78 is 19.8. The van der Waals surface area contributed by atoms with E-state index >= 15 is 0 Å². The van der Waals surface area contributed by atoms with Crippen LogP contribution in [0, 0.1) is 11.7 Å². The minimum absolute atomic E-state index is 0.308. The topological polar surface area (TPSA) is 58.6 Å². The van der Waals surface area contributed by atoms with Gasteiger partial charge >= 0.3 is 6.09 Å². The van der Waals surface area contributed by atoms with Crippen molar-refractivity contribution in [2.45, 2.75) is 58.0 Å². The fourth-order valence-electron chi connectivity index (χ4n) is 3.19.